The molecule has 3 aromatic heterocycles. The quantitative estimate of drug-likeness (QED) is 0.533. The van der Waals surface area contributed by atoms with Crippen LogP contribution in [-0.4, -0.2) is 42.1 Å². The van der Waals surface area contributed by atoms with E-state index in [0.29, 0.717) is 6.42 Å². The lowest BCUT2D eigenvalue weighted by Gasteiger charge is -2.15. The molecular weight excluding hydrogens is 378 g/mol. The van der Waals surface area contributed by atoms with E-state index in [0.717, 1.165) is 52.7 Å². The van der Waals surface area contributed by atoms with Crippen LogP contribution in [0.1, 0.15) is 38.6 Å². The zero-order valence-corrected chi connectivity index (χ0v) is 16.7. The minimum atomic E-state index is 0.104. The second-order valence-corrected chi connectivity index (χ2v) is 7.72. The zero-order chi connectivity index (χ0) is 20.5. The van der Waals surface area contributed by atoms with Gasteiger partial charge in [0.25, 0.3) is 0 Å². The number of hydrogen-bond acceptors (Lipinski definition) is 5. The summed E-state index contributed by atoms with van der Waals surface area (Å²) in [5.41, 5.74) is 4.86. The third kappa shape index (κ3) is 3.34. The van der Waals surface area contributed by atoms with Gasteiger partial charge in [-0.2, -0.15) is 5.10 Å². The number of aromatic amines is 1. The molecule has 1 aliphatic rings. The Bertz CT molecular complexity index is 1180. The number of rotatable bonds is 5. The van der Waals surface area contributed by atoms with Crippen LogP contribution >= 0.6 is 0 Å². The molecule has 0 saturated heterocycles. The van der Waals surface area contributed by atoms with Gasteiger partial charge in [0.15, 0.2) is 0 Å². The lowest BCUT2D eigenvalue weighted by Crippen LogP contribution is -2.32. The molecule has 0 unspecified atom stereocenters. The van der Waals surface area contributed by atoms with E-state index in [1.807, 2.05) is 42.2 Å². The number of benzene rings is 1. The summed E-state index contributed by atoms with van der Waals surface area (Å²) in [6, 6.07) is 10.6. The van der Waals surface area contributed by atoms with Crippen LogP contribution in [0.4, 0.5) is 0 Å². The molecule has 1 aliphatic carbocycles. The standard InChI is InChI=1S/C22H23N7O/c1-2-22(30)26-15-7-8-16(10-15)29-21(13-25-28-29)14-6-9-19(23-11-14)17-4-3-5-20-18(17)12-24-27-20/h3-6,9,11-13,15-16H,2,7-8,10H2,1H3,(H,24,27)(H,26,30)/t15-,16+/m0/s1. The van der Waals surface area contributed by atoms with E-state index in [-0.39, 0.29) is 18.0 Å². The highest BCUT2D eigenvalue weighted by Crippen LogP contribution is 2.33. The first kappa shape index (κ1) is 18.5. The molecule has 0 aliphatic heterocycles. The van der Waals surface area contributed by atoms with Gasteiger partial charge < -0.3 is 5.32 Å². The summed E-state index contributed by atoms with van der Waals surface area (Å²) in [5.74, 6) is 0.104. The Morgan fingerprint density at radius 3 is 2.97 bits per heavy atom. The first-order chi connectivity index (χ1) is 14.7. The smallest absolute Gasteiger partial charge is 0.219 e. The first-order valence-electron chi connectivity index (χ1n) is 10.3. The zero-order valence-electron chi connectivity index (χ0n) is 16.7. The topological polar surface area (TPSA) is 101 Å². The van der Waals surface area contributed by atoms with Crippen molar-refractivity contribution in [2.24, 2.45) is 0 Å². The molecule has 1 fully saturated rings. The van der Waals surface area contributed by atoms with E-state index in [1.54, 1.807) is 6.20 Å². The molecule has 1 amide bonds. The number of pyridine rings is 1. The van der Waals surface area contributed by atoms with E-state index in [1.165, 1.54) is 0 Å². The highest BCUT2D eigenvalue weighted by atomic mass is 16.1. The maximum atomic E-state index is 11.7. The predicted molar refractivity (Wildman–Crippen MR) is 113 cm³/mol. The number of nitrogens with zero attached hydrogens (tertiary/aromatic N) is 5. The van der Waals surface area contributed by atoms with Crippen molar-refractivity contribution in [3.63, 3.8) is 0 Å². The molecule has 0 radical (unpaired) electrons. The van der Waals surface area contributed by atoms with Crippen LogP contribution in [0.5, 0.6) is 0 Å². The molecule has 2 N–H and O–H groups in total. The second-order valence-electron chi connectivity index (χ2n) is 7.72. The van der Waals surface area contributed by atoms with Gasteiger partial charge in [-0.15, -0.1) is 5.10 Å². The fourth-order valence-corrected chi connectivity index (χ4v) is 4.26. The number of amides is 1. The van der Waals surface area contributed by atoms with Crippen molar-refractivity contribution in [3.8, 4) is 22.5 Å². The molecule has 30 heavy (non-hydrogen) atoms. The molecule has 1 saturated carbocycles. The largest absolute Gasteiger partial charge is 0.353 e. The van der Waals surface area contributed by atoms with Gasteiger partial charge in [0.2, 0.25) is 5.91 Å². The van der Waals surface area contributed by atoms with Crippen molar-refractivity contribution < 1.29 is 4.79 Å². The molecule has 0 bridgehead atoms. The van der Waals surface area contributed by atoms with Gasteiger partial charge in [0.05, 0.1) is 35.3 Å². The fraction of sp³-hybridized carbons (Fsp3) is 0.318. The number of aromatic nitrogens is 6. The first-order valence-corrected chi connectivity index (χ1v) is 10.3. The van der Waals surface area contributed by atoms with Crippen LogP contribution in [0.2, 0.25) is 0 Å². The summed E-state index contributed by atoms with van der Waals surface area (Å²) in [6.45, 7) is 1.88. The summed E-state index contributed by atoms with van der Waals surface area (Å²) >= 11 is 0. The van der Waals surface area contributed by atoms with Crippen molar-refractivity contribution in [2.45, 2.75) is 44.7 Å². The summed E-state index contributed by atoms with van der Waals surface area (Å²) in [5, 5.41) is 19.8. The van der Waals surface area contributed by atoms with Crippen LogP contribution in [-0.2, 0) is 4.79 Å². The van der Waals surface area contributed by atoms with Crippen LogP contribution in [0.15, 0.2) is 48.9 Å². The number of fused-ring (bicyclic) bond motifs is 1. The molecule has 5 rings (SSSR count). The highest BCUT2D eigenvalue weighted by molar-refractivity contribution is 5.93. The molecule has 3 heterocycles. The van der Waals surface area contributed by atoms with E-state index < -0.39 is 0 Å². The van der Waals surface area contributed by atoms with Crippen molar-refractivity contribution in [2.75, 3.05) is 0 Å². The van der Waals surface area contributed by atoms with Crippen LogP contribution in [0, 0.1) is 0 Å². The number of carbonyl (C=O) groups is 1. The molecule has 8 heteroatoms. The minimum absolute atomic E-state index is 0.104. The Balaban J connectivity index is 1.38. The van der Waals surface area contributed by atoms with E-state index in [2.05, 4.69) is 38.0 Å². The maximum Gasteiger partial charge on any atom is 0.219 e. The molecule has 8 nitrogen and oxygen atoms in total. The average molecular weight is 401 g/mol. The summed E-state index contributed by atoms with van der Waals surface area (Å²) in [4.78, 5) is 16.4. The SMILES string of the molecule is CCC(=O)N[C@H]1CC[C@@H](n2nncc2-c2ccc(-c3cccc4[nH]ncc34)nc2)C1. The fourth-order valence-electron chi connectivity index (χ4n) is 4.26. The summed E-state index contributed by atoms with van der Waals surface area (Å²) in [6.07, 6.45) is 8.80. The van der Waals surface area contributed by atoms with Crippen molar-refractivity contribution in [1.29, 1.82) is 0 Å². The lowest BCUT2D eigenvalue weighted by atomic mass is 10.1. The Morgan fingerprint density at radius 2 is 2.13 bits per heavy atom. The van der Waals surface area contributed by atoms with E-state index in [4.69, 9.17) is 4.98 Å². The second kappa shape index (κ2) is 7.70. The molecule has 4 aromatic rings. The molecular formula is C22H23N7O. The van der Waals surface area contributed by atoms with Crippen molar-refractivity contribution in [3.05, 3.63) is 48.9 Å². The van der Waals surface area contributed by atoms with Crippen LogP contribution in [0.3, 0.4) is 0 Å². The third-order valence-electron chi connectivity index (χ3n) is 5.83. The van der Waals surface area contributed by atoms with Gasteiger partial charge in [-0.1, -0.05) is 24.3 Å². The normalized spacial score (nSPS) is 18.7. The molecule has 2 atom stereocenters. The summed E-state index contributed by atoms with van der Waals surface area (Å²) < 4.78 is 1.98. The third-order valence-corrected chi connectivity index (χ3v) is 5.83. The van der Waals surface area contributed by atoms with Gasteiger partial charge in [-0.05, 0) is 37.5 Å². The van der Waals surface area contributed by atoms with E-state index in [9.17, 15) is 4.79 Å². The molecule has 0 spiro atoms. The van der Waals surface area contributed by atoms with Crippen LogP contribution in [0.25, 0.3) is 33.4 Å². The van der Waals surface area contributed by atoms with Gasteiger partial charge in [-0.3, -0.25) is 14.9 Å². The Morgan fingerprint density at radius 1 is 1.20 bits per heavy atom. The summed E-state index contributed by atoms with van der Waals surface area (Å²) in [7, 11) is 0. The Labute approximate surface area is 173 Å². The van der Waals surface area contributed by atoms with Crippen molar-refractivity contribution >= 4 is 16.8 Å². The van der Waals surface area contributed by atoms with Gasteiger partial charge >= 0.3 is 0 Å². The van der Waals surface area contributed by atoms with Gasteiger partial charge in [0, 0.05) is 35.2 Å². The number of carbonyl (C=O) groups excluding carboxylic acids is 1. The van der Waals surface area contributed by atoms with E-state index >= 15 is 0 Å². The van der Waals surface area contributed by atoms with Gasteiger partial charge in [0.1, 0.15) is 0 Å². The number of nitrogens with one attached hydrogen (secondary N) is 2. The highest BCUT2D eigenvalue weighted by Gasteiger charge is 2.29. The van der Waals surface area contributed by atoms with Crippen LogP contribution < -0.4 is 5.32 Å². The monoisotopic (exact) mass is 401 g/mol. The average Bonchev–Trinajstić information content (AvgIpc) is 3.53. The molecule has 1 aromatic carbocycles. The maximum absolute atomic E-state index is 11.7. The number of hydrogen-bond donors (Lipinski definition) is 2. The minimum Gasteiger partial charge on any atom is -0.353 e. The Kier molecular flexibility index (Phi) is 4.74. The van der Waals surface area contributed by atoms with Crippen molar-refractivity contribution in [1.82, 2.24) is 35.5 Å². The molecule has 152 valence electrons. The lowest BCUT2D eigenvalue weighted by molar-refractivity contribution is -0.121. The predicted octanol–water partition coefficient (Wildman–Crippen LogP) is 3.50. The van der Waals surface area contributed by atoms with Gasteiger partial charge in [-0.25, -0.2) is 4.68 Å². The number of H-pyrrole nitrogens is 1. The Hall–Kier alpha value is -3.55.